The van der Waals surface area contributed by atoms with Crippen LogP contribution in [0.3, 0.4) is 0 Å². The molecule has 0 radical (unpaired) electrons. The summed E-state index contributed by atoms with van der Waals surface area (Å²) in [6, 6.07) is 18.3. The van der Waals surface area contributed by atoms with Gasteiger partial charge in [-0.05, 0) is 36.2 Å². The fraction of sp³-hybridized carbons (Fsp3) is 0.136. The summed E-state index contributed by atoms with van der Waals surface area (Å²) in [5.74, 6) is -0.628. The highest BCUT2D eigenvalue weighted by atomic mass is 35.5. The quantitative estimate of drug-likeness (QED) is 0.667. The maximum atomic E-state index is 12.4. The van der Waals surface area contributed by atoms with E-state index in [0.29, 0.717) is 17.1 Å². The molecule has 0 atom stereocenters. The Morgan fingerprint density at radius 3 is 2.39 bits per heavy atom. The van der Waals surface area contributed by atoms with Crippen molar-refractivity contribution in [1.29, 1.82) is 0 Å². The molecule has 6 heteroatoms. The Morgan fingerprint density at radius 2 is 1.64 bits per heavy atom. The number of nitrogens with one attached hydrogen (secondary N) is 2. The summed E-state index contributed by atoms with van der Waals surface area (Å²) in [6.07, 6.45) is 1.45. The minimum Gasteiger partial charge on any atom is -0.348 e. The maximum absolute atomic E-state index is 12.4. The van der Waals surface area contributed by atoms with Gasteiger partial charge in [-0.1, -0.05) is 59.6 Å². The van der Waals surface area contributed by atoms with Crippen LogP contribution < -0.4 is 10.6 Å². The van der Waals surface area contributed by atoms with Crippen molar-refractivity contribution in [3.05, 3.63) is 99.8 Å². The monoisotopic (exact) mass is 393 g/mol. The van der Waals surface area contributed by atoms with Gasteiger partial charge >= 0.3 is 0 Å². The van der Waals surface area contributed by atoms with E-state index in [1.807, 2.05) is 49.4 Å². The van der Waals surface area contributed by atoms with Crippen molar-refractivity contribution in [2.24, 2.45) is 0 Å². The van der Waals surface area contributed by atoms with Gasteiger partial charge in [-0.2, -0.15) is 0 Å². The summed E-state index contributed by atoms with van der Waals surface area (Å²) in [6.45, 7) is 2.71. The fourth-order valence-corrected chi connectivity index (χ4v) is 2.80. The first-order chi connectivity index (χ1) is 13.5. The molecule has 3 aromatic rings. The van der Waals surface area contributed by atoms with Crippen LogP contribution >= 0.6 is 11.6 Å². The Balaban J connectivity index is 1.60. The molecule has 28 heavy (non-hydrogen) atoms. The van der Waals surface area contributed by atoms with Crippen LogP contribution in [0, 0.1) is 6.92 Å². The molecule has 0 saturated carbocycles. The number of rotatable bonds is 6. The van der Waals surface area contributed by atoms with Crippen LogP contribution in [0.5, 0.6) is 0 Å². The number of carbonyl (C=O) groups is 2. The van der Waals surface area contributed by atoms with E-state index >= 15 is 0 Å². The Hall–Kier alpha value is -3.18. The Kier molecular flexibility index (Phi) is 6.40. The van der Waals surface area contributed by atoms with E-state index in [9.17, 15) is 9.59 Å². The van der Waals surface area contributed by atoms with E-state index in [1.54, 1.807) is 12.1 Å². The Morgan fingerprint density at radius 1 is 0.929 bits per heavy atom. The summed E-state index contributed by atoms with van der Waals surface area (Å²) in [5, 5.41) is 6.20. The zero-order chi connectivity index (χ0) is 19.9. The van der Waals surface area contributed by atoms with Gasteiger partial charge in [0.2, 0.25) is 0 Å². The lowest BCUT2D eigenvalue weighted by atomic mass is 10.1. The summed E-state index contributed by atoms with van der Waals surface area (Å²) in [5.41, 5.74) is 3.53. The van der Waals surface area contributed by atoms with Gasteiger partial charge in [0.1, 0.15) is 5.69 Å². The standard InChI is InChI=1S/C22H20ClN3O2/c1-15-6-8-16(9-7-15)13-25-21(27)17-10-11-24-20(12-17)22(28)26-14-18-4-2-3-5-19(18)23/h2-12H,13-14H2,1H3,(H,25,27)(H,26,28). The van der Waals surface area contributed by atoms with E-state index < -0.39 is 0 Å². The first kappa shape index (κ1) is 19.6. The average Bonchev–Trinajstić information content (AvgIpc) is 2.72. The van der Waals surface area contributed by atoms with Crippen LogP contribution in [0.25, 0.3) is 0 Å². The van der Waals surface area contributed by atoms with Crippen LogP contribution in [0.4, 0.5) is 0 Å². The molecule has 0 aliphatic heterocycles. The van der Waals surface area contributed by atoms with Crippen molar-refractivity contribution in [1.82, 2.24) is 15.6 Å². The number of halogens is 1. The smallest absolute Gasteiger partial charge is 0.270 e. The van der Waals surface area contributed by atoms with Crippen LogP contribution in [0.2, 0.25) is 5.02 Å². The largest absolute Gasteiger partial charge is 0.348 e. The minimum atomic E-state index is -0.367. The van der Waals surface area contributed by atoms with Gasteiger partial charge in [-0.25, -0.2) is 0 Å². The molecular formula is C22H20ClN3O2. The second-order valence-corrected chi connectivity index (χ2v) is 6.78. The molecule has 3 rings (SSSR count). The lowest BCUT2D eigenvalue weighted by Gasteiger charge is -2.08. The van der Waals surface area contributed by atoms with Crippen molar-refractivity contribution in [2.45, 2.75) is 20.0 Å². The molecule has 1 aromatic heterocycles. The maximum Gasteiger partial charge on any atom is 0.270 e. The highest BCUT2D eigenvalue weighted by Gasteiger charge is 2.12. The van der Waals surface area contributed by atoms with Gasteiger partial charge in [-0.15, -0.1) is 0 Å². The predicted molar refractivity (Wildman–Crippen MR) is 109 cm³/mol. The van der Waals surface area contributed by atoms with Crippen LogP contribution in [0.15, 0.2) is 66.9 Å². The molecular weight excluding hydrogens is 374 g/mol. The molecule has 5 nitrogen and oxygen atoms in total. The molecule has 0 spiro atoms. The van der Waals surface area contributed by atoms with Crippen LogP contribution in [-0.4, -0.2) is 16.8 Å². The molecule has 1 heterocycles. The molecule has 0 aliphatic rings. The number of aromatic nitrogens is 1. The highest BCUT2D eigenvalue weighted by Crippen LogP contribution is 2.14. The molecule has 2 N–H and O–H groups in total. The third-order valence-electron chi connectivity index (χ3n) is 4.23. The lowest BCUT2D eigenvalue weighted by Crippen LogP contribution is -2.26. The second-order valence-electron chi connectivity index (χ2n) is 6.37. The molecule has 0 fully saturated rings. The van der Waals surface area contributed by atoms with Crippen molar-refractivity contribution < 1.29 is 9.59 Å². The van der Waals surface area contributed by atoms with Gasteiger partial charge < -0.3 is 10.6 Å². The molecule has 0 aliphatic carbocycles. The Bertz CT molecular complexity index is 987. The van der Waals surface area contributed by atoms with Crippen molar-refractivity contribution in [3.8, 4) is 0 Å². The number of pyridine rings is 1. The summed E-state index contributed by atoms with van der Waals surface area (Å²) in [4.78, 5) is 28.8. The van der Waals surface area contributed by atoms with Crippen LogP contribution in [-0.2, 0) is 13.1 Å². The number of carbonyl (C=O) groups excluding carboxylic acids is 2. The first-order valence-corrected chi connectivity index (χ1v) is 9.22. The first-order valence-electron chi connectivity index (χ1n) is 8.84. The van der Waals surface area contributed by atoms with Gasteiger partial charge in [0, 0.05) is 29.9 Å². The number of nitrogens with zero attached hydrogens (tertiary/aromatic N) is 1. The van der Waals surface area contributed by atoms with E-state index in [1.165, 1.54) is 12.3 Å². The predicted octanol–water partition coefficient (Wildman–Crippen LogP) is 3.90. The molecule has 0 bridgehead atoms. The third kappa shape index (κ3) is 5.18. The zero-order valence-corrected chi connectivity index (χ0v) is 16.2. The fourth-order valence-electron chi connectivity index (χ4n) is 2.59. The SMILES string of the molecule is Cc1ccc(CNC(=O)c2ccnc(C(=O)NCc3ccccc3Cl)c2)cc1. The van der Waals surface area contributed by atoms with Gasteiger partial charge in [0.25, 0.3) is 11.8 Å². The number of hydrogen-bond acceptors (Lipinski definition) is 3. The summed E-state index contributed by atoms with van der Waals surface area (Å²) in [7, 11) is 0. The molecule has 0 unspecified atom stereocenters. The summed E-state index contributed by atoms with van der Waals surface area (Å²) < 4.78 is 0. The number of amides is 2. The van der Waals surface area contributed by atoms with E-state index in [4.69, 9.17) is 11.6 Å². The number of hydrogen-bond donors (Lipinski definition) is 2. The second kappa shape index (κ2) is 9.15. The van der Waals surface area contributed by atoms with E-state index in [0.717, 1.165) is 16.7 Å². The van der Waals surface area contributed by atoms with E-state index in [2.05, 4.69) is 15.6 Å². The normalized spacial score (nSPS) is 10.4. The highest BCUT2D eigenvalue weighted by molar-refractivity contribution is 6.31. The number of aryl methyl sites for hydroxylation is 1. The van der Waals surface area contributed by atoms with Gasteiger partial charge in [0.15, 0.2) is 0 Å². The van der Waals surface area contributed by atoms with Gasteiger partial charge in [-0.3, -0.25) is 14.6 Å². The Labute approximate surface area is 168 Å². The average molecular weight is 394 g/mol. The van der Waals surface area contributed by atoms with E-state index in [-0.39, 0.29) is 24.1 Å². The zero-order valence-electron chi connectivity index (χ0n) is 15.4. The lowest BCUT2D eigenvalue weighted by molar-refractivity contribution is 0.0946. The molecule has 142 valence electrons. The van der Waals surface area contributed by atoms with Crippen molar-refractivity contribution in [3.63, 3.8) is 0 Å². The topological polar surface area (TPSA) is 71.1 Å². The molecule has 0 saturated heterocycles. The molecule has 2 amide bonds. The van der Waals surface area contributed by atoms with Crippen molar-refractivity contribution >= 4 is 23.4 Å². The molecule has 2 aromatic carbocycles. The summed E-state index contributed by atoms with van der Waals surface area (Å²) >= 11 is 6.09. The van der Waals surface area contributed by atoms with Crippen LogP contribution in [0.1, 0.15) is 37.5 Å². The minimum absolute atomic E-state index is 0.176. The van der Waals surface area contributed by atoms with Gasteiger partial charge in [0.05, 0.1) is 0 Å². The third-order valence-corrected chi connectivity index (χ3v) is 4.59. The number of benzene rings is 2. The van der Waals surface area contributed by atoms with Crippen molar-refractivity contribution in [2.75, 3.05) is 0 Å².